The minimum atomic E-state index is -2.23. The number of benzene rings is 2. The lowest BCUT2D eigenvalue weighted by molar-refractivity contribution is 0.342. The fourth-order valence-electron chi connectivity index (χ4n) is 5.03. The van der Waals surface area contributed by atoms with Crippen molar-refractivity contribution in [1.29, 1.82) is 21.2 Å². The van der Waals surface area contributed by atoms with E-state index in [9.17, 15) is 25.4 Å². The van der Waals surface area contributed by atoms with Crippen molar-refractivity contribution in [2.75, 3.05) is 0 Å². The van der Waals surface area contributed by atoms with E-state index in [4.69, 9.17) is 14.2 Å². The lowest BCUT2D eigenvalue weighted by Gasteiger charge is -2.43. The van der Waals surface area contributed by atoms with Gasteiger partial charge >= 0.3 is 11.3 Å². The molecule has 10 heteroatoms. The molecule has 2 aromatic carbocycles. The topological polar surface area (TPSA) is 156 Å². The number of rotatable bonds is 2. The second kappa shape index (κ2) is 8.92. The Morgan fingerprint density at radius 1 is 0.895 bits per heavy atom. The molecule has 4 aromatic rings. The number of hydrogen-bond acceptors (Lipinski definition) is 8. The van der Waals surface area contributed by atoms with Crippen molar-refractivity contribution in [3.05, 3.63) is 95.0 Å². The van der Waals surface area contributed by atoms with Crippen molar-refractivity contribution in [2.24, 2.45) is 5.41 Å². The van der Waals surface area contributed by atoms with Gasteiger partial charge in [-0.15, -0.1) is 0 Å². The summed E-state index contributed by atoms with van der Waals surface area (Å²) in [7, 11) is 0. The van der Waals surface area contributed by atoms with Gasteiger partial charge in [0.15, 0.2) is 5.41 Å². The Kier molecular flexibility index (Phi) is 5.95. The van der Waals surface area contributed by atoms with Crippen LogP contribution >= 0.6 is 31.9 Å². The van der Waals surface area contributed by atoms with Crippen LogP contribution < -0.4 is 11.3 Å². The molecule has 1 N–H and O–H groups in total. The Hall–Kier alpha value is -4.30. The maximum atomic E-state index is 13.3. The molecule has 1 unspecified atom stereocenters. The van der Waals surface area contributed by atoms with Gasteiger partial charge in [0, 0.05) is 30.7 Å². The van der Waals surface area contributed by atoms with E-state index in [0.717, 1.165) is 0 Å². The van der Waals surface area contributed by atoms with E-state index >= 15 is 0 Å². The van der Waals surface area contributed by atoms with Crippen molar-refractivity contribution in [2.45, 2.75) is 18.8 Å². The van der Waals surface area contributed by atoms with E-state index in [1.54, 1.807) is 36.4 Å². The smallest absolute Gasteiger partial charge is 0.343 e. The van der Waals surface area contributed by atoms with Gasteiger partial charge < -0.3 is 14.2 Å². The van der Waals surface area contributed by atoms with Crippen LogP contribution in [0, 0.1) is 44.8 Å². The van der Waals surface area contributed by atoms with E-state index in [-0.39, 0.29) is 34.3 Å². The third kappa shape index (κ3) is 3.40. The number of hydrogen-bond donors (Lipinski definition) is 1. The Morgan fingerprint density at radius 2 is 1.45 bits per heavy atom. The third-order valence-electron chi connectivity index (χ3n) is 7.10. The van der Waals surface area contributed by atoms with Crippen LogP contribution in [0.1, 0.15) is 24.5 Å². The molecule has 0 fully saturated rings. The maximum absolute atomic E-state index is 13.3. The molecule has 2 heterocycles. The summed E-state index contributed by atoms with van der Waals surface area (Å²) in [6.07, 6.45) is -0.263. The summed E-state index contributed by atoms with van der Waals surface area (Å²) in [5.74, 6) is 0. The number of halogens is 2. The second-order valence-electron chi connectivity index (χ2n) is 9.02. The molecule has 8 nitrogen and oxygen atoms in total. The summed E-state index contributed by atoms with van der Waals surface area (Å²) >= 11 is 6.87. The third-order valence-corrected chi connectivity index (χ3v) is 8.48. The highest BCUT2D eigenvalue weighted by Crippen LogP contribution is 2.53. The number of nitriles is 3. The molecule has 1 aliphatic rings. The van der Waals surface area contributed by atoms with Crippen LogP contribution in [0.4, 0.5) is 0 Å². The standard InChI is InChI=1S/C28H14Br2N4O4/c1-27(19-9-16-21(30)5-3-7-23(16)38-26(19)36)10-17(18(11-31)24(34)28(27,12-32)13-33)14-8-15-20(29)4-2-6-22(15)37-25(14)35/h2-9,34H,10H2,1H3. The highest BCUT2D eigenvalue weighted by atomic mass is 79.9. The molecule has 2 aromatic heterocycles. The number of nitrogens with zero attached hydrogens (tertiary/aromatic N) is 3. The molecule has 0 amide bonds. The monoisotopic (exact) mass is 628 g/mol. The quantitative estimate of drug-likeness (QED) is 0.262. The highest BCUT2D eigenvalue weighted by Gasteiger charge is 2.60. The lowest BCUT2D eigenvalue weighted by Crippen LogP contribution is -2.52. The van der Waals surface area contributed by atoms with E-state index < -0.39 is 27.8 Å². The van der Waals surface area contributed by atoms with Crippen molar-refractivity contribution in [3.8, 4) is 18.2 Å². The Balaban J connectivity index is 1.88. The second-order valence-corrected chi connectivity index (χ2v) is 10.7. The summed E-state index contributed by atoms with van der Waals surface area (Å²) in [6, 6.07) is 18.9. The normalized spacial score (nSPS) is 18.7. The zero-order chi connectivity index (χ0) is 27.4. The molecule has 0 saturated carbocycles. The largest absolute Gasteiger partial charge is 0.422 e. The van der Waals surface area contributed by atoms with Gasteiger partial charge in [-0.1, -0.05) is 50.9 Å². The average molecular weight is 630 g/mol. The van der Waals surface area contributed by atoms with Crippen LogP contribution in [0.2, 0.25) is 0 Å². The summed E-state index contributed by atoms with van der Waals surface area (Å²) in [4.78, 5) is 26.5. The van der Waals surface area contributed by atoms with Crippen LogP contribution in [0.25, 0.3) is 27.5 Å². The van der Waals surface area contributed by atoms with Crippen molar-refractivity contribution < 1.29 is 8.83 Å². The first-order chi connectivity index (χ1) is 18.1. The lowest BCUT2D eigenvalue weighted by atomic mass is 9.53. The molecule has 0 saturated heterocycles. The summed E-state index contributed by atoms with van der Waals surface area (Å²) < 4.78 is 12.3. The van der Waals surface area contributed by atoms with Gasteiger partial charge in [0.1, 0.15) is 17.2 Å². The average Bonchev–Trinajstić information content (AvgIpc) is 2.89. The fourth-order valence-corrected chi connectivity index (χ4v) is 5.95. The van der Waals surface area contributed by atoms with E-state index in [1.807, 2.05) is 18.2 Å². The van der Waals surface area contributed by atoms with Crippen LogP contribution in [0.3, 0.4) is 0 Å². The first kappa shape index (κ1) is 25.4. The molecular weight excluding hydrogens is 616 g/mol. The Morgan fingerprint density at radius 3 is 2.00 bits per heavy atom. The Labute approximate surface area is 231 Å². The number of allylic oxidation sites excluding steroid dienone is 2. The zero-order valence-corrected chi connectivity index (χ0v) is 22.7. The molecule has 38 heavy (non-hydrogen) atoms. The summed E-state index contributed by atoms with van der Waals surface area (Å²) in [5.41, 5.74) is -5.72. The molecule has 184 valence electrons. The predicted molar refractivity (Wildman–Crippen MR) is 146 cm³/mol. The van der Waals surface area contributed by atoms with Crippen molar-refractivity contribution in [3.63, 3.8) is 0 Å². The van der Waals surface area contributed by atoms with E-state index in [2.05, 4.69) is 31.9 Å². The van der Waals surface area contributed by atoms with Gasteiger partial charge in [0.05, 0.1) is 29.0 Å². The van der Waals surface area contributed by atoms with Crippen LogP contribution in [-0.4, -0.2) is 5.71 Å². The molecule has 0 radical (unpaired) electrons. The minimum Gasteiger partial charge on any atom is -0.422 e. The van der Waals surface area contributed by atoms with Gasteiger partial charge in [0.25, 0.3) is 0 Å². The zero-order valence-electron chi connectivity index (χ0n) is 19.6. The Bertz CT molecular complexity index is 1990. The van der Waals surface area contributed by atoms with Gasteiger partial charge in [0.2, 0.25) is 0 Å². The summed E-state index contributed by atoms with van der Waals surface area (Å²) in [5, 5.41) is 40.6. The molecule has 0 spiro atoms. The van der Waals surface area contributed by atoms with Gasteiger partial charge in [-0.3, -0.25) is 0 Å². The number of nitrogens with one attached hydrogen (secondary N) is 1. The molecule has 1 atom stereocenters. The molecule has 0 bridgehead atoms. The van der Waals surface area contributed by atoms with E-state index in [0.29, 0.717) is 25.3 Å². The van der Waals surface area contributed by atoms with E-state index in [1.165, 1.54) is 19.1 Å². The molecule has 0 aliphatic heterocycles. The van der Waals surface area contributed by atoms with Crippen LogP contribution in [-0.2, 0) is 5.41 Å². The predicted octanol–water partition coefficient (Wildman–Crippen LogP) is 6.12. The minimum absolute atomic E-state index is 0.00670. The highest BCUT2D eigenvalue weighted by molar-refractivity contribution is 9.11. The fraction of sp³-hybridized carbons (Fsp3) is 0.143. The first-order valence-electron chi connectivity index (χ1n) is 11.1. The van der Waals surface area contributed by atoms with Crippen LogP contribution in [0.15, 0.2) is 81.5 Å². The van der Waals surface area contributed by atoms with Gasteiger partial charge in [-0.25, -0.2) is 9.59 Å². The SMILES string of the molecule is CC1(c2cc3c(Br)cccc3oc2=O)CC(c2cc3c(Br)cccc3oc2=O)=C(C#N)C(=N)C1(C#N)C#N. The maximum Gasteiger partial charge on any atom is 0.343 e. The summed E-state index contributed by atoms with van der Waals surface area (Å²) in [6.45, 7) is 1.50. The van der Waals surface area contributed by atoms with Crippen molar-refractivity contribution >= 4 is 65.1 Å². The molecular formula is C28H14Br2N4O4. The molecule has 1 aliphatic carbocycles. The van der Waals surface area contributed by atoms with Gasteiger partial charge in [-0.2, -0.15) is 15.8 Å². The number of fused-ring (bicyclic) bond motifs is 2. The first-order valence-corrected chi connectivity index (χ1v) is 12.7. The van der Waals surface area contributed by atoms with Crippen molar-refractivity contribution in [1.82, 2.24) is 0 Å². The van der Waals surface area contributed by atoms with Gasteiger partial charge in [-0.05, 0) is 48.4 Å². The molecule has 5 rings (SSSR count). The van der Waals surface area contributed by atoms with Crippen LogP contribution in [0.5, 0.6) is 0 Å².